The van der Waals surface area contributed by atoms with Gasteiger partial charge in [0.1, 0.15) is 0 Å². The molecule has 0 spiro atoms. The number of hydrogen-bond donors (Lipinski definition) is 1. The summed E-state index contributed by atoms with van der Waals surface area (Å²) in [4.78, 5) is 14.5. The minimum absolute atomic E-state index is 0.00324. The van der Waals surface area contributed by atoms with E-state index in [4.69, 9.17) is 0 Å². The van der Waals surface area contributed by atoms with Crippen molar-refractivity contribution < 1.29 is 9.90 Å². The van der Waals surface area contributed by atoms with Gasteiger partial charge in [-0.1, -0.05) is 44.2 Å². The first-order valence-corrected chi connectivity index (χ1v) is 7.61. The summed E-state index contributed by atoms with van der Waals surface area (Å²) in [6.45, 7) is 4.53. The van der Waals surface area contributed by atoms with E-state index in [1.54, 1.807) is 4.90 Å². The standard InChI is InChI=1S/C18H23NO2/c1-3-17(4-2)19(11-12-20)18(21)16-10-9-14-7-5-6-8-15(14)13-16/h5-10,13,17,20H,3-4,11-12H2,1-2H3. The van der Waals surface area contributed by atoms with Crippen LogP contribution in [0.5, 0.6) is 0 Å². The molecule has 2 aromatic rings. The van der Waals surface area contributed by atoms with Crippen LogP contribution in [0.2, 0.25) is 0 Å². The molecule has 0 aliphatic carbocycles. The molecule has 0 unspecified atom stereocenters. The third kappa shape index (κ3) is 3.42. The molecule has 0 aromatic heterocycles. The van der Waals surface area contributed by atoms with Crippen LogP contribution in [0, 0.1) is 0 Å². The molecule has 21 heavy (non-hydrogen) atoms. The zero-order chi connectivity index (χ0) is 15.2. The Labute approximate surface area is 126 Å². The fourth-order valence-electron chi connectivity index (χ4n) is 2.78. The second-order valence-corrected chi connectivity index (χ2v) is 5.25. The normalized spacial score (nSPS) is 11.0. The predicted octanol–water partition coefficient (Wildman–Crippen LogP) is 3.46. The van der Waals surface area contributed by atoms with Crippen molar-refractivity contribution in [2.75, 3.05) is 13.2 Å². The van der Waals surface area contributed by atoms with Gasteiger partial charge in [0.15, 0.2) is 0 Å². The highest BCUT2D eigenvalue weighted by Gasteiger charge is 2.21. The number of aliphatic hydroxyl groups excluding tert-OH is 1. The molecule has 3 nitrogen and oxygen atoms in total. The van der Waals surface area contributed by atoms with Gasteiger partial charge in [0.2, 0.25) is 0 Å². The number of fused-ring (bicyclic) bond motifs is 1. The molecule has 0 heterocycles. The number of carbonyl (C=O) groups excluding carboxylic acids is 1. The number of nitrogens with zero attached hydrogens (tertiary/aromatic N) is 1. The number of rotatable bonds is 6. The van der Waals surface area contributed by atoms with Crippen LogP contribution in [0.15, 0.2) is 42.5 Å². The lowest BCUT2D eigenvalue weighted by Gasteiger charge is -2.30. The summed E-state index contributed by atoms with van der Waals surface area (Å²) < 4.78 is 0. The Kier molecular flexibility index (Phi) is 5.34. The zero-order valence-corrected chi connectivity index (χ0v) is 12.7. The summed E-state index contributed by atoms with van der Waals surface area (Å²) in [5.74, 6) is 0.00324. The first-order chi connectivity index (χ1) is 10.2. The molecule has 2 aromatic carbocycles. The van der Waals surface area contributed by atoms with Crippen molar-refractivity contribution in [2.45, 2.75) is 32.7 Å². The number of benzene rings is 2. The highest BCUT2D eigenvalue weighted by molar-refractivity contribution is 5.98. The van der Waals surface area contributed by atoms with E-state index in [9.17, 15) is 9.90 Å². The van der Waals surface area contributed by atoms with Crippen LogP contribution in [0.3, 0.4) is 0 Å². The molecule has 1 N–H and O–H groups in total. The van der Waals surface area contributed by atoms with E-state index in [1.165, 1.54) is 0 Å². The summed E-state index contributed by atoms with van der Waals surface area (Å²) in [5.41, 5.74) is 0.689. The quantitative estimate of drug-likeness (QED) is 0.883. The van der Waals surface area contributed by atoms with Crippen molar-refractivity contribution in [3.63, 3.8) is 0 Å². The largest absolute Gasteiger partial charge is 0.395 e. The van der Waals surface area contributed by atoms with Crippen molar-refractivity contribution in [1.82, 2.24) is 4.90 Å². The van der Waals surface area contributed by atoms with Crippen molar-refractivity contribution in [2.24, 2.45) is 0 Å². The highest BCUT2D eigenvalue weighted by Crippen LogP contribution is 2.19. The summed E-state index contributed by atoms with van der Waals surface area (Å²) >= 11 is 0. The molecule has 1 amide bonds. The summed E-state index contributed by atoms with van der Waals surface area (Å²) in [7, 11) is 0. The minimum Gasteiger partial charge on any atom is -0.395 e. The smallest absolute Gasteiger partial charge is 0.254 e. The molecule has 0 saturated heterocycles. The average Bonchev–Trinajstić information content (AvgIpc) is 2.54. The van der Waals surface area contributed by atoms with Crippen molar-refractivity contribution in [3.05, 3.63) is 48.0 Å². The second-order valence-electron chi connectivity index (χ2n) is 5.25. The molecular formula is C18H23NO2. The maximum atomic E-state index is 12.8. The Hall–Kier alpha value is -1.87. The highest BCUT2D eigenvalue weighted by atomic mass is 16.3. The van der Waals surface area contributed by atoms with E-state index in [0.29, 0.717) is 12.1 Å². The molecule has 3 heteroatoms. The fraction of sp³-hybridized carbons (Fsp3) is 0.389. The third-order valence-electron chi connectivity index (χ3n) is 3.98. The molecule has 0 aliphatic heterocycles. The average molecular weight is 285 g/mol. The minimum atomic E-state index is -0.00415. The van der Waals surface area contributed by atoms with Crippen LogP contribution in [-0.4, -0.2) is 35.1 Å². The topological polar surface area (TPSA) is 40.5 Å². The van der Waals surface area contributed by atoms with Gasteiger partial charge in [0.25, 0.3) is 5.91 Å². The summed E-state index contributed by atoms with van der Waals surface area (Å²) in [6.07, 6.45) is 1.80. The lowest BCUT2D eigenvalue weighted by molar-refractivity contribution is 0.0622. The predicted molar refractivity (Wildman–Crippen MR) is 86.4 cm³/mol. The molecule has 0 saturated carbocycles. The van der Waals surface area contributed by atoms with E-state index in [-0.39, 0.29) is 18.6 Å². The van der Waals surface area contributed by atoms with Crippen LogP contribution in [-0.2, 0) is 0 Å². The van der Waals surface area contributed by atoms with E-state index in [1.807, 2.05) is 42.5 Å². The lowest BCUT2D eigenvalue weighted by atomic mass is 10.0. The summed E-state index contributed by atoms with van der Waals surface area (Å²) in [5, 5.41) is 11.4. The van der Waals surface area contributed by atoms with E-state index in [0.717, 1.165) is 23.6 Å². The first kappa shape index (κ1) is 15.5. The van der Waals surface area contributed by atoms with Gasteiger partial charge in [0, 0.05) is 18.2 Å². The van der Waals surface area contributed by atoms with Crippen molar-refractivity contribution in [1.29, 1.82) is 0 Å². The fourth-order valence-corrected chi connectivity index (χ4v) is 2.78. The van der Waals surface area contributed by atoms with Crippen molar-refractivity contribution >= 4 is 16.7 Å². The van der Waals surface area contributed by atoms with Gasteiger partial charge >= 0.3 is 0 Å². The monoisotopic (exact) mass is 285 g/mol. The molecule has 0 bridgehead atoms. The Morgan fingerprint density at radius 3 is 2.38 bits per heavy atom. The Morgan fingerprint density at radius 1 is 1.10 bits per heavy atom. The Bertz CT molecular complexity index is 605. The van der Waals surface area contributed by atoms with Gasteiger partial charge in [-0.3, -0.25) is 4.79 Å². The Morgan fingerprint density at radius 2 is 1.76 bits per heavy atom. The van der Waals surface area contributed by atoms with Crippen molar-refractivity contribution in [3.8, 4) is 0 Å². The Balaban J connectivity index is 2.33. The number of aliphatic hydroxyl groups is 1. The third-order valence-corrected chi connectivity index (χ3v) is 3.98. The zero-order valence-electron chi connectivity index (χ0n) is 12.7. The van der Waals surface area contributed by atoms with E-state index in [2.05, 4.69) is 13.8 Å². The molecule has 0 aliphatic rings. The number of carbonyl (C=O) groups is 1. The molecular weight excluding hydrogens is 262 g/mol. The van der Waals surface area contributed by atoms with Gasteiger partial charge < -0.3 is 10.0 Å². The van der Waals surface area contributed by atoms with Crippen LogP contribution >= 0.6 is 0 Å². The van der Waals surface area contributed by atoms with Crippen LogP contribution in [0.25, 0.3) is 10.8 Å². The van der Waals surface area contributed by atoms with Crippen LogP contribution in [0.4, 0.5) is 0 Å². The van der Waals surface area contributed by atoms with Gasteiger partial charge in [0.05, 0.1) is 6.61 Å². The molecule has 0 atom stereocenters. The number of hydrogen-bond acceptors (Lipinski definition) is 2. The second kappa shape index (κ2) is 7.23. The van der Waals surface area contributed by atoms with Gasteiger partial charge in [-0.2, -0.15) is 0 Å². The number of amides is 1. The molecule has 0 fully saturated rings. The maximum Gasteiger partial charge on any atom is 0.254 e. The van der Waals surface area contributed by atoms with Crippen LogP contribution in [0.1, 0.15) is 37.0 Å². The van der Waals surface area contributed by atoms with E-state index >= 15 is 0 Å². The van der Waals surface area contributed by atoms with E-state index < -0.39 is 0 Å². The van der Waals surface area contributed by atoms with Gasteiger partial charge in [-0.25, -0.2) is 0 Å². The SMILES string of the molecule is CCC(CC)N(CCO)C(=O)c1ccc2ccccc2c1. The molecule has 2 rings (SSSR count). The van der Waals surface area contributed by atoms with Crippen LogP contribution < -0.4 is 0 Å². The first-order valence-electron chi connectivity index (χ1n) is 7.61. The maximum absolute atomic E-state index is 12.8. The van der Waals surface area contributed by atoms with Gasteiger partial charge in [-0.15, -0.1) is 0 Å². The molecule has 0 radical (unpaired) electrons. The summed E-state index contributed by atoms with van der Waals surface area (Å²) in [6, 6.07) is 14.0. The van der Waals surface area contributed by atoms with Gasteiger partial charge in [-0.05, 0) is 35.7 Å². The lowest BCUT2D eigenvalue weighted by Crippen LogP contribution is -2.41. The molecule has 112 valence electrons.